The molecule has 2 rings (SSSR count). The van der Waals surface area contributed by atoms with Crippen LogP contribution in [0, 0.1) is 5.92 Å². The van der Waals surface area contributed by atoms with E-state index in [1.54, 1.807) is 13.4 Å². The molecule has 1 aliphatic rings. The minimum atomic E-state index is 0.506. The molecule has 88 valence electrons. The van der Waals surface area contributed by atoms with Gasteiger partial charge in [0.1, 0.15) is 5.76 Å². The van der Waals surface area contributed by atoms with E-state index in [4.69, 9.17) is 9.15 Å². The lowest BCUT2D eigenvalue weighted by Crippen LogP contribution is -2.35. The molecule has 0 amide bonds. The van der Waals surface area contributed by atoms with Crippen LogP contribution in [-0.2, 0) is 4.74 Å². The summed E-state index contributed by atoms with van der Waals surface area (Å²) in [5, 5.41) is 3.49. The lowest BCUT2D eigenvalue weighted by atomic mass is 10.2. The number of hydrogen-bond acceptors (Lipinski definition) is 3. The summed E-state index contributed by atoms with van der Waals surface area (Å²) in [6.45, 7) is 1.67. The van der Waals surface area contributed by atoms with E-state index in [-0.39, 0.29) is 0 Å². The first-order chi connectivity index (χ1) is 7.90. The molecule has 3 heteroatoms. The molecule has 0 radical (unpaired) electrons. The summed E-state index contributed by atoms with van der Waals surface area (Å²) in [6.07, 6.45) is 8.44. The minimum Gasteiger partial charge on any atom is -0.465 e. The molecule has 1 heterocycles. The molecule has 1 unspecified atom stereocenters. The topological polar surface area (TPSA) is 34.4 Å². The van der Waals surface area contributed by atoms with Crippen LogP contribution in [0.25, 0.3) is 6.08 Å². The van der Waals surface area contributed by atoms with Gasteiger partial charge in [-0.05, 0) is 37.0 Å². The summed E-state index contributed by atoms with van der Waals surface area (Å²) >= 11 is 0. The van der Waals surface area contributed by atoms with Crippen LogP contribution in [-0.4, -0.2) is 26.3 Å². The van der Waals surface area contributed by atoms with Gasteiger partial charge in [-0.1, -0.05) is 6.08 Å². The van der Waals surface area contributed by atoms with Crippen molar-refractivity contribution in [2.75, 3.05) is 20.3 Å². The van der Waals surface area contributed by atoms with Crippen molar-refractivity contribution >= 4 is 6.08 Å². The highest BCUT2D eigenvalue weighted by Crippen LogP contribution is 2.32. The molecule has 1 saturated carbocycles. The average Bonchev–Trinajstić information content (AvgIpc) is 3.01. The van der Waals surface area contributed by atoms with E-state index in [0.29, 0.717) is 6.04 Å². The Morgan fingerprint density at radius 3 is 3.12 bits per heavy atom. The highest BCUT2D eigenvalue weighted by atomic mass is 16.5. The minimum absolute atomic E-state index is 0.506. The fourth-order valence-corrected chi connectivity index (χ4v) is 1.82. The van der Waals surface area contributed by atoms with Gasteiger partial charge >= 0.3 is 0 Å². The summed E-state index contributed by atoms with van der Waals surface area (Å²) in [5.41, 5.74) is 0. The Morgan fingerprint density at radius 2 is 2.50 bits per heavy atom. The molecule has 0 spiro atoms. The monoisotopic (exact) mass is 221 g/mol. The Morgan fingerprint density at radius 1 is 1.62 bits per heavy atom. The highest BCUT2D eigenvalue weighted by molar-refractivity contribution is 5.42. The number of methoxy groups -OCH3 is 1. The summed E-state index contributed by atoms with van der Waals surface area (Å²) in [6, 6.07) is 4.35. The second kappa shape index (κ2) is 5.87. The zero-order chi connectivity index (χ0) is 11.2. The largest absolute Gasteiger partial charge is 0.465 e. The normalized spacial score (nSPS) is 18.1. The van der Waals surface area contributed by atoms with E-state index in [1.807, 2.05) is 18.2 Å². The van der Waals surface area contributed by atoms with Crippen molar-refractivity contribution in [2.45, 2.75) is 18.9 Å². The molecule has 1 N–H and O–H groups in total. The van der Waals surface area contributed by atoms with E-state index < -0.39 is 0 Å². The first kappa shape index (κ1) is 11.4. The van der Waals surface area contributed by atoms with Gasteiger partial charge in [-0.25, -0.2) is 0 Å². The second-order valence-electron chi connectivity index (χ2n) is 4.23. The van der Waals surface area contributed by atoms with Gasteiger partial charge in [0, 0.05) is 19.7 Å². The van der Waals surface area contributed by atoms with Gasteiger partial charge in [-0.3, -0.25) is 0 Å². The van der Waals surface area contributed by atoms with Crippen molar-refractivity contribution in [3.8, 4) is 0 Å². The van der Waals surface area contributed by atoms with Crippen LogP contribution in [0.3, 0.4) is 0 Å². The molecule has 0 bridgehead atoms. The number of nitrogens with one attached hydrogen (secondary N) is 1. The van der Waals surface area contributed by atoms with Crippen LogP contribution < -0.4 is 5.32 Å². The van der Waals surface area contributed by atoms with Gasteiger partial charge in [-0.15, -0.1) is 0 Å². The van der Waals surface area contributed by atoms with E-state index >= 15 is 0 Å². The van der Waals surface area contributed by atoms with Gasteiger partial charge in [0.15, 0.2) is 0 Å². The second-order valence-corrected chi connectivity index (χ2v) is 4.23. The van der Waals surface area contributed by atoms with Crippen LogP contribution in [0.2, 0.25) is 0 Å². The molecule has 3 nitrogen and oxygen atoms in total. The lowest BCUT2D eigenvalue weighted by Gasteiger charge is -2.15. The van der Waals surface area contributed by atoms with Crippen LogP contribution >= 0.6 is 0 Å². The Kier molecular flexibility index (Phi) is 4.19. The number of rotatable bonds is 7. The Balaban J connectivity index is 1.69. The third kappa shape index (κ3) is 3.51. The first-order valence-electron chi connectivity index (χ1n) is 5.82. The SMILES string of the molecule is COCC(NC/C=C/c1ccco1)C1CC1. The molecule has 16 heavy (non-hydrogen) atoms. The first-order valence-corrected chi connectivity index (χ1v) is 5.82. The summed E-state index contributed by atoms with van der Waals surface area (Å²) in [7, 11) is 1.76. The number of hydrogen-bond donors (Lipinski definition) is 1. The number of ether oxygens (including phenoxy) is 1. The summed E-state index contributed by atoms with van der Waals surface area (Å²) in [5.74, 6) is 1.72. The maximum absolute atomic E-state index is 5.21. The zero-order valence-corrected chi connectivity index (χ0v) is 9.69. The van der Waals surface area contributed by atoms with Crippen LogP contribution in [0.4, 0.5) is 0 Å². The van der Waals surface area contributed by atoms with Gasteiger partial charge in [0.05, 0.1) is 12.9 Å². The number of furan rings is 1. The predicted molar refractivity (Wildman–Crippen MR) is 64.1 cm³/mol. The third-order valence-electron chi connectivity index (χ3n) is 2.86. The van der Waals surface area contributed by atoms with Crippen molar-refractivity contribution in [1.29, 1.82) is 0 Å². The zero-order valence-electron chi connectivity index (χ0n) is 9.69. The van der Waals surface area contributed by atoms with Gasteiger partial charge < -0.3 is 14.5 Å². The third-order valence-corrected chi connectivity index (χ3v) is 2.86. The van der Waals surface area contributed by atoms with E-state index in [2.05, 4.69) is 11.4 Å². The van der Waals surface area contributed by atoms with Crippen molar-refractivity contribution < 1.29 is 9.15 Å². The lowest BCUT2D eigenvalue weighted by molar-refractivity contribution is 0.159. The fraction of sp³-hybridized carbons (Fsp3) is 0.538. The molecule has 1 fully saturated rings. The van der Waals surface area contributed by atoms with E-state index in [0.717, 1.165) is 24.8 Å². The molecule has 0 saturated heterocycles. The average molecular weight is 221 g/mol. The maximum atomic E-state index is 5.21. The van der Waals surface area contributed by atoms with Crippen molar-refractivity contribution in [1.82, 2.24) is 5.32 Å². The quantitative estimate of drug-likeness (QED) is 0.767. The van der Waals surface area contributed by atoms with Gasteiger partial charge in [-0.2, -0.15) is 0 Å². The molecular formula is C13H19NO2. The van der Waals surface area contributed by atoms with Crippen molar-refractivity contribution in [3.63, 3.8) is 0 Å². The standard InChI is InChI=1S/C13H19NO2/c1-15-10-13(11-6-7-11)14-8-2-4-12-5-3-9-16-12/h2-5,9,11,13-14H,6-8,10H2,1H3/b4-2+. The predicted octanol–water partition coefficient (Wildman–Crippen LogP) is 2.31. The smallest absolute Gasteiger partial charge is 0.126 e. The molecule has 0 aliphatic heterocycles. The molecule has 0 aromatic carbocycles. The Bertz CT molecular complexity index is 315. The van der Waals surface area contributed by atoms with Gasteiger partial charge in [0.2, 0.25) is 0 Å². The summed E-state index contributed by atoms with van der Waals surface area (Å²) in [4.78, 5) is 0. The van der Waals surface area contributed by atoms with Crippen molar-refractivity contribution in [3.05, 3.63) is 30.2 Å². The van der Waals surface area contributed by atoms with Gasteiger partial charge in [0.25, 0.3) is 0 Å². The van der Waals surface area contributed by atoms with E-state index in [1.165, 1.54) is 12.8 Å². The van der Waals surface area contributed by atoms with E-state index in [9.17, 15) is 0 Å². The van der Waals surface area contributed by atoms with Crippen LogP contribution in [0.5, 0.6) is 0 Å². The molecular weight excluding hydrogens is 202 g/mol. The molecule has 1 atom stereocenters. The Hall–Kier alpha value is -1.06. The fourth-order valence-electron chi connectivity index (χ4n) is 1.82. The highest BCUT2D eigenvalue weighted by Gasteiger charge is 2.30. The summed E-state index contributed by atoms with van der Waals surface area (Å²) < 4.78 is 10.4. The molecule has 1 aliphatic carbocycles. The maximum Gasteiger partial charge on any atom is 0.126 e. The Labute approximate surface area is 96.5 Å². The molecule has 1 aromatic heterocycles. The van der Waals surface area contributed by atoms with Crippen LogP contribution in [0.1, 0.15) is 18.6 Å². The molecule has 1 aromatic rings. The van der Waals surface area contributed by atoms with Crippen molar-refractivity contribution in [2.24, 2.45) is 5.92 Å². The van der Waals surface area contributed by atoms with Crippen LogP contribution in [0.15, 0.2) is 28.9 Å².